The highest BCUT2D eigenvalue weighted by molar-refractivity contribution is 5.86. The van der Waals surface area contributed by atoms with Crippen molar-refractivity contribution in [3.63, 3.8) is 0 Å². The maximum atomic E-state index is 9.26. The molecule has 0 saturated carbocycles. The van der Waals surface area contributed by atoms with Gasteiger partial charge in [0.15, 0.2) is 0 Å². The lowest BCUT2D eigenvalue weighted by Gasteiger charge is -2.23. The second kappa shape index (κ2) is 5.89. The summed E-state index contributed by atoms with van der Waals surface area (Å²) in [5, 5.41) is 17.0. The first kappa shape index (κ1) is 12.9. The number of hydrogen-bond donors (Lipinski definition) is 2. The van der Waals surface area contributed by atoms with E-state index in [1.165, 1.54) is 12.8 Å². The van der Waals surface area contributed by atoms with Crippen LogP contribution in [0.4, 0.5) is 5.82 Å². The van der Waals surface area contributed by atoms with Crippen molar-refractivity contribution in [1.82, 2.24) is 10.3 Å². The number of hydrogen-bond acceptors (Lipinski definition) is 4. The number of aromatic nitrogens is 1. The highest BCUT2D eigenvalue weighted by Crippen LogP contribution is 2.20. The topological polar surface area (TPSA) is 60.7 Å². The molecular weight excluding hydrogens is 248 g/mol. The summed E-state index contributed by atoms with van der Waals surface area (Å²) in [5.41, 5.74) is 1.55. The minimum Gasteiger partial charge on any atom is -0.370 e. The fourth-order valence-electron chi connectivity index (χ4n) is 2.71. The van der Waals surface area contributed by atoms with Gasteiger partial charge >= 0.3 is 0 Å². The molecule has 4 heteroatoms. The average molecular weight is 266 g/mol. The molecule has 0 aliphatic carbocycles. The first-order valence-electron chi connectivity index (χ1n) is 7.11. The third-order valence-corrected chi connectivity index (χ3v) is 3.81. The van der Waals surface area contributed by atoms with Gasteiger partial charge in [-0.15, -0.1) is 0 Å². The largest absolute Gasteiger partial charge is 0.370 e. The van der Waals surface area contributed by atoms with Gasteiger partial charge in [0.05, 0.1) is 17.1 Å². The van der Waals surface area contributed by atoms with Gasteiger partial charge < -0.3 is 10.6 Å². The number of nitrogens with one attached hydrogen (secondary N) is 2. The Hall–Kier alpha value is -2.12. The quantitative estimate of drug-likeness (QED) is 0.896. The number of piperidine rings is 1. The third kappa shape index (κ3) is 2.73. The summed E-state index contributed by atoms with van der Waals surface area (Å²) in [6.07, 6.45) is 2.49. The van der Waals surface area contributed by atoms with Crippen molar-refractivity contribution in [3.8, 4) is 6.07 Å². The number of nitriles is 1. The normalized spacial score (nSPS) is 18.6. The zero-order chi connectivity index (χ0) is 13.8. The second-order valence-electron chi connectivity index (χ2n) is 5.28. The molecule has 2 aromatic rings. The summed E-state index contributed by atoms with van der Waals surface area (Å²) in [6, 6.07) is 11.9. The van der Waals surface area contributed by atoms with Gasteiger partial charge in [0.2, 0.25) is 0 Å². The minimum absolute atomic E-state index is 0.641. The molecule has 0 radical (unpaired) electrons. The molecule has 1 aromatic carbocycles. The highest BCUT2D eigenvalue weighted by Gasteiger charge is 2.13. The molecule has 1 aromatic heterocycles. The number of pyridine rings is 1. The summed E-state index contributed by atoms with van der Waals surface area (Å²) >= 11 is 0. The molecule has 2 N–H and O–H groups in total. The van der Waals surface area contributed by atoms with Crippen LogP contribution >= 0.6 is 0 Å². The molecule has 0 amide bonds. The van der Waals surface area contributed by atoms with Crippen LogP contribution in [0.2, 0.25) is 0 Å². The fourth-order valence-corrected chi connectivity index (χ4v) is 2.71. The lowest BCUT2D eigenvalue weighted by atomic mass is 10.00. The third-order valence-electron chi connectivity index (χ3n) is 3.81. The van der Waals surface area contributed by atoms with Crippen molar-refractivity contribution in [2.45, 2.75) is 12.8 Å². The highest BCUT2D eigenvalue weighted by atomic mass is 15.0. The number of para-hydroxylation sites is 1. The lowest BCUT2D eigenvalue weighted by Crippen LogP contribution is -2.33. The number of anilines is 1. The summed E-state index contributed by atoms with van der Waals surface area (Å²) in [5.74, 6) is 1.44. The smallest absolute Gasteiger partial charge is 0.127 e. The molecule has 2 heterocycles. The van der Waals surface area contributed by atoms with Crippen LogP contribution in [0.25, 0.3) is 10.9 Å². The van der Waals surface area contributed by atoms with Gasteiger partial charge in [-0.1, -0.05) is 18.2 Å². The standard InChI is InChI=1S/C16H18N4/c17-9-13-8-16(19-11-12-4-3-7-18-10-12)20-15-6-2-1-5-14(13)15/h1-2,5-6,8,12,18H,3-4,7,10-11H2,(H,19,20). The van der Waals surface area contributed by atoms with E-state index in [1.54, 1.807) is 0 Å². The number of rotatable bonds is 3. The van der Waals surface area contributed by atoms with Crippen LogP contribution in [0.15, 0.2) is 30.3 Å². The van der Waals surface area contributed by atoms with Gasteiger partial charge in [-0.25, -0.2) is 4.98 Å². The molecule has 1 fully saturated rings. The molecule has 1 unspecified atom stereocenters. The zero-order valence-corrected chi connectivity index (χ0v) is 11.4. The molecule has 0 bridgehead atoms. The van der Waals surface area contributed by atoms with Crippen molar-refractivity contribution in [2.24, 2.45) is 5.92 Å². The van der Waals surface area contributed by atoms with E-state index in [1.807, 2.05) is 30.3 Å². The van der Waals surface area contributed by atoms with Gasteiger partial charge in [-0.05, 0) is 44.0 Å². The van der Waals surface area contributed by atoms with Crippen molar-refractivity contribution in [1.29, 1.82) is 5.26 Å². The second-order valence-corrected chi connectivity index (χ2v) is 5.28. The number of nitrogens with zero attached hydrogens (tertiary/aromatic N) is 2. The Bertz CT molecular complexity index is 638. The molecule has 1 saturated heterocycles. The van der Waals surface area contributed by atoms with Crippen molar-refractivity contribution < 1.29 is 0 Å². The molecule has 0 spiro atoms. The maximum Gasteiger partial charge on any atom is 0.127 e. The van der Waals surface area contributed by atoms with Crippen LogP contribution in [0, 0.1) is 17.2 Å². The van der Waals surface area contributed by atoms with Gasteiger partial charge in [0.1, 0.15) is 5.82 Å². The molecule has 1 atom stereocenters. The van der Waals surface area contributed by atoms with E-state index >= 15 is 0 Å². The van der Waals surface area contributed by atoms with Crippen LogP contribution in [0.1, 0.15) is 18.4 Å². The number of benzene rings is 1. The Morgan fingerprint density at radius 3 is 3.10 bits per heavy atom. The van der Waals surface area contributed by atoms with E-state index < -0.39 is 0 Å². The SMILES string of the molecule is N#Cc1cc(NCC2CCCNC2)nc2ccccc12. The first-order chi connectivity index (χ1) is 9.86. The fraction of sp³-hybridized carbons (Fsp3) is 0.375. The predicted molar refractivity (Wildman–Crippen MR) is 80.5 cm³/mol. The van der Waals surface area contributed by atoms with E-state index in [4.69, 9.17) is 0 Å². The van der Waals surface area contributed by atoms with Crippen molar-refractivity contribution in [2.75, 3.05) is 25.0 Å². The molecule has 20 heavy (non-hydrogen) atoms. The molecular formula is C16H18N4. The average Bonchev–Trinajstić information content (AvgIpc) is 2.53. The van der Waals surface area contributed by atoms with Crippen LogP contribution in [-0.4, -0.2) is 24.6 Å². The van der Waals surface area contributed by atoms with Crippen LogP contribution in [0.3, 0.4) is 0 Å². The van der Waals surface area contributed by atoms with Gasteiger partial charge in [-0.2, -0.15) is 5.26 Å². The van der Waals surface area contributed by atoms with E-state index in [9.17, 15) is 5.26 Å². The van der Waals surface area contributed by atoms with E-state index in [0.29, 0.717) is 11.5 Å². The van der Waals surface area contributed by atoms with Crippen molar-refractivity contribution in [3.05, 3.63) is 35.9 Å². The van der Waals surface area contributed by atoms with E-state index in [0.717, 1.165) is 36.4 Å². The first-order valence-corrected chi connectivity index (χ1v) is 7.11. The summed E-state index contributed by atoms with van der Waals surface area (Å²) < 4.78 is 0. The van der Waals surface area contributed by atoms with Gasteiger partial charge in [-0.3, -0.25) is 0 Å². The Labute approximate surface area is 118 Å². The Morgan fingerprint density at radius 1 is 1.40 bits per heavy atom. The van der Waals surface area contributed by atoms with Crippen LogP contribution in [-0.2, 0) is 0 Å². The molecule has 1 aliphatic heterocycles. The van der Waals surface area contributed by atoms with E-state index in [2.05, 4.69) is 21.7 Å². The zero-order valence-electron chi connectivity index (χ0n) is 11.4. The van der Waals surface area contributed by atoms with Crippen LogP contribution < -0.4 is 10.6 Å². The minimum atomic E-state index is 0.641. The number of fused-ring (bicyclic) bond motifs is 1. The predicted octanol–water partition coefficient (Wildman–Crippen LogP) is 2.52. The lowest BCUT2D eigenvalue weighted by molar-refractivity contribution is 0.392. The summed E-state index contributed by atoms with van der Waals surface area (Å²) in [7, 11) is 0. The molecule has 1 aliphatic rings. The Kier molecular flexibility index (Phi) is 3.80. The Balaban J connectivity index is 1.79. The summed E-state index contributed by atoms with van der Waals surface area (Å²) in [4.78, 5) is 4.59. The maximum absolute atomic E-state index is 9.26. The van der Waals surface area contributed by atoms with Crippen molar-refractivity contribution >= 4 is 16.7 Å². The van der Waals surface area contributed by atoms with Gasteiger partial charge in [0.25, 0.3) is 0 Å². The monoisotopic (exact) mass is 266 g/mol. The molecule has 4 nitrogen and oxygen atoms in total. The van der Waals surface area contributed by atoms with Crippen LogP contribution in [0.5, 0.6) is 0 Å². The van der Waals surface area contributed by atoms with Gasteiger partial charge in [0, 0.05) is 11.9 Å². The van der Waals surface area contributed by atoms with E-state index in [-0.39, 0.29) is 0 Å². The molecule has 3 rings (SSSR count). The summed E-state index contributed by atoms with van der Waals surface area (Å²) in [6.45, 7) is 3.10. The molecule has 102 valence electrons. The Morgan fingerprint density at radius 2 is 2.30 bits per heavy atom.